The zero-order valence-corrected chi connectivity index (χ0v) is 15.7. The summed E-state index contributed by atoms with van der Waals surface area (Å²) in [6, 6.07) is 12.8. The molecule has 0 radical (unpaired) electrons. The van der Waals surface area contributed by atoms with Gasteiger partial charge in [0.25, 0.3) is 0 Å². The van der Waals surface area contributed by atoms with Crippen LogP contribution in [0, 0.1) is 11.7 Å². The van der Waals surface area contributed by atoms with Crippen molar-refractivity contribution in [2.75, 3.05) is 44.8 Å². The van der Waals surface area contributed by atoms with Crippen molar-refractivity contribution in [3.63, 3.8) is 0 Å². The second-order valence-corrected chi connectivity index (χ2v) is 7.34. The number of nitrogens with zero attached hydrogens (tertiary/aromatic N) is 3. The van der Waals surface area contributed by atoms with Gasteiger partial charge >= 0.3 is 0 Å². The molecule has 1 aromatic carbocycles. The second-order valence-electron chi connectivity index (χ2n) is 7.34. The fourth-order valence-electron chi connectivity index (χ4n) is 4.04. The van der Waals surface area contributed by atoms with E-state index in [0.29, 0.717) is 24.4 Å². The van der Waals surface area contributed by atoms with Gasteiger partial charge in [-0.3, -0.25) is 4.90 Å². The average molecular weight is 371 g/mol. The smallest absolute Gasteiger partial charge is 0.214 e. The van der Waals surface area contributed by atoms with Crippen LogP contribution in [0.15, 0.2) is 42.5 Å². The van der Waals surface area contributed by atoms with Gasteiger partial charge in [0.15, 0.2) is 0 Å². The number of piperazine rings is 1. The van der Waals surface area contributed by atoms with Crippen molar-refractivity contribution in [3.8, 4) is 11.6 Å². The summed E-state index contributed by atoms with van der Waals surface area (Å²) in [4.78, 5) is 9.52. The molecule has 3 heterocycles. The number of hydrogen-bond acceptors (Lipinski definition) is 5. The van der Waals surface area contributed by atoms with E-state index in [0.717, 1.165) is 50.6 Å². The Hall–Kier alpha value is -2.34. The minimum atomic E-state index is -0.230. The molecule has 0 spiro atoms. The number of pyridine rings is 1. The number of methoxy groups -OCH3 is 1. The molecule has 0 N–H and O–H groups in total. The van der Waals surface area contributed by atoms with E-state index in [1.165, 1.54) is 12.1 Å². The Morgan fingerprint density at radius 3 is 2.74 bits per heavy atom. The number of anilines is 1. The van der Waals surface area contributed by atoms with Crippen LogP contribution < -0.4 is 14.4 Å². The van der Waals surface area contributed by atoms with E-state index in [4.69, 9.17) is 9.47 Å². The van der Waals surface area contributed by atoms with Crippen molar-refractivity contribution in [1.82, 2.24) is 9.88 Å². The first-order valence-corrected chi connectivity index (χ1v) is 9.59. The molecular weight excluding hydrogens is 345 g/mol. The summed E-state index contributed by atoms with van der Waals surface area (Å²) >= 11 is 0. The van der Waals surface area contributed by atoms with Crippen LogP contribution >= 0.6 is 0 Å². The molecule has 0 amide bonds. The molecule has 2 aromatic rings. The standard InChI is InChI=1S/C21H26FN3O2/c1-26-21-4-2-3-20(23-21)25-12-11-24-13-16(5-8-18(24)14-25)15-27-19-9-6-17(22)7-10-19/h2-4,6-7,9-10,16,18H,5,8,11-15H2,1H3. The second kappa shape index (κ2) is 8.13. The van der Waals surface area contributed by atoms with Crippen molar-refractivity contribution >= 4 is 5.82 Å². The Morgan fingerprint density at radius 2 is 1.93 bits per heavy atom. The van der Waals surface area contributed by atoms with E-state index >= 15 is 0 Å². The third-order valence-corrected chi connectivity index (χ3v) is 5.55. The largest absolute Gasteiger partial charge is 0.493 e. The van der Waals surface area contributed by atoms with E-state index in [2.05, 4.69) is 20.9 Å². The van der Waals surface area contributed by atoms with Crippen molar-refractivity contribution in [1.29, 1.82) is 0 Å². The quantitative estimate of drug-likeness (QED) is 0.807. The molecule has 0 aliphatic carbocycles. The molecule has 2 fully saturated rings. The van der Waals surface area contributed by atoms with E-state index in [9.17, 15) is 4.39 Å². The number of fused-ring (bicyclic) bond motifs is 1. The molecule has 5 nitrogen and oxygen atoms in total. The minimum absolute atomic E-state index is 0.230. The summed E-state index contributed by atoms with van der Waals surface area (Å²) in [5, 5.41) is 0. The first kappa shape index (κ1) is 18.0. The lowest BCUT2D eigenvalue weighted by Crippen LogP contribution is -2.57. The number of piperidine rings is 1. The van der Waals surface area contributed by atoms with Gasteiger partial charge in [0.1, 0.15) is 17.4 Å². The molecule has 2 unspecified atom stereocenters. The number of halogens is 1. The number of aromatic nitrogens is 1. The van der Waals surface area contributed by atoms with Crippen LogP contribution in [0.3, 0.4) is 0 Å². The van der Waals surface area contributed by atoms with Gasteiger partial charge in [0, 0.05) is 44.2 Å². The van der Waals surface area contributed by atoms with Gasteiger partial charge in [-0.05, 0) is 43.2 Å². The summed E-state index contributed by atoms with van der Waals surface area (Å²) < 4.78 is 24.1. The Bertz CT molecular complexity index is 755. The number of hydrogen-bond donors (Lipinski definition) is 0. The highest BCUT2D eigenvalue weighted by atomic mass is 19.1. The van der Waals surface area contributed by atoms with Gasteiger partial charge in [-0.2, -0.15) is 4.98 Å². The lowest BCUT2D eigenvalue weighted by Gasteiger charge is -2.46. The number of benzene rings is 1. The normalized spacial score (nSPS) is 23.0. The Kier molecular flexibility index (Phi) is 5.43. The zero-order valence-electron chi connectivity index (χ0n) is 15.7. The number of rotatable bonds is 5. The summed E-state index contributed by atoms with van der Waals surface area (Å²) in [7, 11) is 1.65. The van der Waals surface area contributed by atoms with Crippen LogP contribution in [0.1, 0.15) is 12.8 Å². The van der Waals surface area contributed by atoms with Crippen LogP contribution in [-0.4, -0.2) is 55.8 Å². The number of ether oxygens (including phenoxy) is 2. The van der Waals surface area contributed by atoms with E-state index in [1.54, 1.807) is 19.2 Å². The van der Waals surface area contributed by atoms with Crippen molar-refractivity contribution in [3.05, 3.63) is 48.3 Å². The highest BCUT2D eigenvalue weighted by Gasteiger charge is 2.33. The molecule has 2 aliphatic heterocycles. The maximum Gasteiger partial charge on any atom is 0.214 e. The topological polar surface area (TPSA) is 37.8 Å². The lowest BCUT2D eigenvalue weighted by atomic mass is 9.91. The summed E-state index contributed by atoms with van der Waals surface area (Å²) in [5.74, 6) is 2.69. The van der Waals surface area contributed by atoms with Crippen molar-refractivity contribution < 1.29 is 13.9 Å². The summed E-state index contributed by atoms with van der Waals surface area (Å²) in [6.45, 7) is 4.77. The summed E-state index contributed by atoms with van der Waals surface area (Å²) in [6.07, 6.45) is 2.32. The Balaban J connectivity index is 1.30. The van der Waals surface area contributed by atoms with Gasteiger partial charge in [0.2, 0.25) is 5.88 Å². The van der Waals surface area contributed by atoms with Crippen LogP contribution in [0.25, 0.3) is 0 Å². The van der Waals surface area contributed by atoms with Crippen molar-refractivity contribution in [2.45, 2.75) is 18.9 Å². The van der Waals surface area contributed by atoms with Crippen LogP contribution in [-0.2, 0) is 0 Å². The lowest BCUT2D eigenvalue weighted by molar-refractivity contribution is 0.0727. The Labute approximate surface area is 159 Å². The van der Waals surface area contributed by atoms with Gasteiger partial charge in [-0.1, -0.05) is 6.07 Å². The zero-order chi connectivity index (χ0) is 18.6. The molecule has 144 valence electrons. The first-order chi connectivity index (χ1) is 13.2. The molecular formula is C21H26FN3O2. The maximum absolute atomic E-state index is 13.0. The molecule has 27 heavy (non-hydrogen) atoms. The van der Waals surface area contributed by atoms with Crippen LogP contribution in [0.2, 0.25) is 0 Å². The van der Waals surface area contributed by atoms with E-state index < -0.39 is 0 Å². The van der Waals surface area contributed by atoms with Gasteiger partial charge in [-0.25, -0.2) is 4.39 Å². The molecule has 4 rings (SSSR count). The van der Waals surface area contributed by atoms with E-state index in [-0.39, 0.29) is 5.82 Å². The fraction of sp³-hybridized carbons (Fsp3) is 0.476. The van der Waals surface area contributed by atoms with Crippen LogP contribution in [0.4, 0.5) is 10.2 Å². The van der Waals surface area contributed by atoms with E-state index in [1.807, 2.05) is 12.1 Å². The van der Waals surface area contributed by atoms with Gasteiger partial charge < -0.3 is 14.4 Å². The van der Waals surface area contributed by atoms with Gasteiger partial charge in [0.05, 0.1) is 13.7 Å². The maximum atomic E-state index is 13.0. The van der Waals surface area contributed by atoms with Crippen molar-refractivity contribution in [2.24, 2.45) is 5.92 Å². The third-order valence-electron chi connectivity index (χ3n) is 5.55. The molecule has 0 saturated carbocycles. The minimum Gasteiger partial charge on any atom is -0.493 e. The molecule has 1 aromatic heterocycles. The highest BCUT2D eigenvalue weighted by molar-refractivity contribution is 5.41. The first-order valence-electron chi connectivity index (χ1n) is 9.59. The predicted molar refractivity (Wildman–Crippen MR) is 103 cm³/mol. The van der Waals surface area contributed by atoms with Crippen LogP contribution in [0.5, 0.6) is 11.6 Å². The average Bonchev–Trinajstić information content (AvgIpc) is 2.73. The molecule has 2 saturated heterocycles. The van der Waals surface area contributed by atoms with Gasteiger partial charge in [-0.15, -0.1) is 0 Å². The molecule has 2 atom stereocenters. The molecule has 2 aliphatic rings. The predicted octanol–water partition coefficient (Wildman–Crippen LogP) is 3.21. The highest BCUT2D eigenvalue weighted by Crippen LogP contribution is 2.28. The Morgan fingerprint density at radius 1 is 1.07 bits per heavy atom. The summed E-state index contributed by atoms with van der Waals surface area (Å²) in [5.41, 5.74) is 0. The fourth-order valence-corrected chi connectivity index (χ4v) is 4.04. The monoisotopic (exact) mass is 371 g/mol. The molecule has 6 heteroatoms. The molecule has 0 bridgehead atoms. The SMILES string of the molecule is COc1cccc(N2CCN3CC(COc4ccc(F)cc4)CCC3C2)n1. The third kappa shape index (κ3) is 4.33.